The number of aromatic nitrogens is 4. The number of halogens is 1. The highest BCUT2D eigenvalue weighted by Gasteiger charge is 2.22. The molecule has 0 amide bonds. The highest BCUT2D eigenvalue weighted by atomic mass is 19.1. The van der Waals surface area contributed by atoms with E-state index in [2.05, 4.69) is 20.0 Å². The first kappa shape index (κ1) is 15.1. The van der Waals surface area contributed by atoms with Gasteiger partial charge in [-0.05, 0) is 43.4 Å². The van der Waals surface area contributed by atoms with E-state index in [0.29, 0.717) is 16.8 Å². The number of rotatable bonds is 4. The third-order valence-electron chi connectivity index (χ3n) is 4.83. The lowest BCUT2D eigenvalue weighted by Crippen LogP contribution is -2.34. The van der Waals surface area contributed by atoms with Gasteiger partial charge in [-0.25, -0.2) is 14.4 Å². The third kappa shape index (κ3) is 2.96. The first-order chi connectivity index (χ1) is 11.8. The summed E-state index contributed by atoms with van der Waals surface area (Å²) < 4.78 is 16.2. The molecule has 1 fully saturated rings. The molecular weight excluding hydrogens is 305 g/mol. The Morgan fingerprint density at radius 3 is 2.79 bits per heavy atom. The summed E-state index contributed by atoms with van der Waals surface area (Å²) in [6.45, 7) is 2.77. The molecule has 0 spiro atoms. The van der Waals surface area contributed by atoms with Gasteiger partial charge in [0.2, 0.25) is 0 Å². The van der Waals surface area contributed by atoms with Crippen LogP contribution in [0.5, 0.6) is 0 Å². The predicted molar refractivity (Wildman–Crippen MR) is 91.3 cm³/mol. The van der Waals surface area contributed by atoms with Gasteiger partial charge in [-0.2, -0.15) is 5.10 Å². The van der Waals surface area contributed by atoms with Crippen molar-refractivity contribution in [2.24, 2.45) is 5.92 Å². The summed E-state index contributed by atoms with van der Waals surface area (Å²) in [7, 11) is 0. The molecule has 0 saturated carbocycles. The Hall–Kier alpha value is -2.50. The summed E-state index contributed by atoms with van der Waals surface area (Å²) in [5.74, 6) is 1.16. The summed E-state index contributed by atoms with van der Waals surface area (Å²) in [5.41, 5.74) is 0.667. The van der Waals surface area contributed by atoms with Crippen LogP contribution in [0.25, 0.3) is 10.9 Å². The zero-order valence-corrected chi connectivity index (χ0v) is 13.5. The van der Waals surface area contributed by atoms with Gasteiger partial charge >= 0.3 is 0 Å². The number of fused-ring (bicyclic) bond motifs is 1. The lowest BCUT2D eigenvalue weighted by atomic mass is 9.93. The molecule has 0 aliphatic carbocycles. The molecule has 124 valence electrons. The monoisotopic (exact) mass is 325 g/mol. The molecule has 0 unspecified atom stereocenters. The highest BCUT2D eigenvalue weighted by Crippen LogP contribution is 2.30. The van der Waals surface area contributed by atoms with Crippen molar-refractivity contribution in [1.29, 1.82) is 0 Å². The smallest absolute Gasteiger partial charge is 0.142 e. The Bertz CT molecular complexity index is 804. The molecule has 1 aromatic carbocycles. The maximum atomic E-state index is 14.2. The number of anilines is 1. The molecular formula is C18H20FN5. The van der Waals surface area contributed by atoms with Crippen molar-refractivity contribution in [3.63, 3.8) is 0 Å². The van der Waals surface area contributed by atoms with E-state index in [1.165, 1.54) is 12.4 Å². The molecule has 3 heterocycles. The van der Waals surface area contributed by atoms with Crippen molar-refractivity contribution in [2.45, 2.75) is 25.8 Å². The SMILES string of the molecule is Fc1cccc2ncnc(N3CCC(CCn4cccn4)CC3)c12. The van der Waals surface area contributed by atoms with E-state index in [9.17, 15) is 4.39 Å². The molecule has 1 aliphatic rings. The maximum Gasteiger partial charge on any atom is 0.142 e. The largest absolute Gasteiger partial charge is 0.356 e. The van der Waals surface area contributed by atoms with Crippen molar-refractivity contribution in [3.8, 4) is 0 Å². The van der Waals surface area contributed by atoms with Crippen LogP contribution in [0.15, 0.2) is 43.0 Å². The maximum absolute atomic E-state index is 14.2. The molecule has 1 aliphatic heterocycles. The van der Waals surface area contributed by atoms with E-state index in [-0.39, 0.29) is 5.82 Å². The van der Waals surface area contributed by atoms with E-state index in [4.69, 9.17) is 0 Å². The first-order valence-corrected chi connectivity index (χ1v) is 8.43. The van der Waals surface area contributed by atoms with Crippen LogP contribution in [0.4, 0.5) is 10.2 Å². The molecule has 24 heavy (non-hydrogen) atoms. The van der Waals surface area contributed by atoms with E-state index < -0.39 is 0 Å². The van der Waals surface area contributed by atoms with Gasteiger partial charge in [-0.1, -0.05) is 6.07 Å². The topological polar surface area (TPSA) is 46.8 Å². The average molecular weight is 325 g/mol. The number of piperidine rings is 1. The second kappa shape index (κ2) is 6.55. The Kier molecular flexibility index (Phi) is 4.11. The van der Waals surface area contributed by atoms with Crippen molar-refractivity contribution in [2.75, 3.05) is 18.0 Å². The second-order valence-electron chi connectivity index (χ2n) is 6.32. The molecule has 6 heteroatoms. The Morgan fingerprint density at radius 2 is 2.00 bits per heavy atom. The van der Waals surface area contributed by atoms with Crippen molar-refractivity contribution in [1.82, 2.24) is 19.7 Å². The van der Waals surface area contributed by atoms with E-state index in [1.807, 2.05) is 29.2 Å². The number of nitrogens with zero attached hydrogens (tertiary/aromatic N) is 5. The zero-order valence-electron chi connectivity index (χ0n) is 13.5. The van der Waals surface area contributed by atoms with Crippen molar-refractivity contribution >= 4 is 16.7 Å². The molecule has 1 saturated heterocycles. The van der Waals surface area contributed by atoms with Crippen LogP contribution in [0.1, 0.15) is 19.3 Å². The number of hydrogen-bond donors (Lipinski definition) is 0. The van der Waals surface area contributed by atoms with Gasteiger partial charge in [0.05, 0.1) is 10.9 Å². The van der Waals surface area contributed by atoms with Gasteiger partial charge in [0.25, 0.3) is 0 Å². The van der Waals surface area contributed by atoms with Crippen molar-refractivity contribution < 1.29 is 4.39 Å². The highest BCUT2D eigenvalue weighted by molar-refractivity contribution is 5.89. The van der Waals surface area contributed by atoms with Gasteiger partial charge in [-0.15, -0.1) is 0 Å². The van der Waals surface area contributed by atoms with Crippen LogP contribution in [-0.4, -0.2) is 32.8 Å². The number of aryl methyl sites for hydroxylation is 1. The predicted octanol–water partition coefficient (Wildman–Crippen LogP) is 3.27. The summed E-state index contributed by atoms with van der Waals surface area (Å²) >= 11 is 0. The minimum absolute atomic E-state index is 0.246. The normalized spacial score (nSPS) is 16.0. The molecule has 4 rings (SSSR count). The third-order valence-corrected chi connectivity index (χ3v) is 4.83. The van der Waals surface area contributed by atoms with Crippen LogP contribution in [0, 0.1) is 11.7 Å². The Balaban J connectivity index is 1.44. The fourth-order valence-electron chi connectivity index (χ4n) is 3.47. The van der Waals surface area contributed by atoms with Crippen LogP contribution in [0.2, 0.25) is 0 Å². The van der Waals surface area contributed by atoms with Crippen LogP contribution < -0.4 is 4.90 Å². The van der Waals surface area contributed by atoms with Crippen LogP contribution in [0.3, 0.4) is 0 Å². The van der Waals surface area contributed by atoms with Gasteiger partial charge in [0, 0.05) is 32.0 Å². The second-order valence-corrected chi connectivity index (χ2v) is 6.32. The van der Waals surface area contributed by atoms with Gasteiger partial charge in [0.1, 0.15) is 18.0 Å². The minimum Gasteiger partial charge on any atom is -0.356 e. The molecule has 2 aromatic heterocycles. The average Bonchev–Trinajstić information content (AvgIpc) is 3.14. The first-order valence-electron chi connectivity index (χ1n) is 8.43. The fraction of sp³-hybridized carbons (Fsp3) is 0.389. The van der Waals surface area contributed by atoms with Gasteiger partial charge in [-0.3, -0.25) is 4.68 Å². The molecule has 0 atom stereocenters. The summed E-state index contributed by atoms with van der Waals surface area (Å²) in [5, 5.41) is 4.79. The molecule has 0 bridgehead atoms. The van der Waals surface area contributed by atoms with Gasteiger partial charge < -0.3 is 4.90 Å². The van der Waals surface area contributed by atoms with Crippen molar-refractivity contribution in [3.05, 3.63) is 48.8 Å². The quantitative estimate of drug-likeness (QED) is 0.738. The lowest BCUT2D eigenvalue weighted by molar-refractivity contribution is 0.353. The van der Waals surface area contributed by atoms with Crippen LogP contribution in [-0.2, 0) is 6.54 Å². The molecule has 5 nitrogen and oxygen atoms in total. The summed E-state index contributed by atoms with van der Waals surface area (Å²) in [4.78, 5) is 10.7. The zero-order chi connectivity index (χ0) is 16.4. The Labute approximate surface area is 140 Å². The fourth-order valence-corrected chi connectivity index (χ4v) is 3.47. The lowest BCUT2D eigenvalue weighted by Gasteiger charge is -2.33. The molecule has 0 N–H and O–H groups in total. The minimum atomic E-state index is -0.246. The number of benzene rings is 1. The van der Waals surface area contributed by atoms with E-state index in [1.54, 1.807) is 6.07 Å². The molecule has 3 aromatic rings. The van der Waals surface area contributed by atoms with Gasteiger partial charge in [0.15, 0.2) is 0 Å². The van der Waals surface area contributed by atoms with E-state index >= 15 is 0 Å². The number of hydrogen-bond acceptors (Lipinski definition) is 4. The van der Waals surface area contributed by atoms with Crippen LogP contribution >= 0.6 is 0 Å². The summed E-state index contributed by atoms with van der Waals surface area (Å²) in [6.07, 6.45) is 8.68. The molecule has 0 radical (unpaired) electrons. The van der Waals surface area contributed by atoms with E-state index in [0.717, 1.165) is 44.7 Å². The standard InChI is InChI=1S/C18H20FN5/c19-15-3-1-4-16-17(15)18(21-13-20-16)23-10-5-14(6-11-23)7-12-24-9-2-8-22-24/h1-4,8-9,13-14H,5-7,10-12H2. The summed E-state index contributed by atoms with van der Waals surface area (Å²) in [6, 6.07) is 6.96. The Morgan fingerprint density at radius 1 is 1.12 bits per heavy atom.